The molecule has 0 unspecified atom stereocenters. The van der Waals surface area contributed by atoms with Gasteiger partial charge in [-0.2, -0.15) is 0 Å². The summed E-state index contributed by atoms with van der Waals surface area (Å²) in [5, 5.41) is 5.93. The molecular weight excluding hydrogens is 464 g/mol. The summed E-state index contributed by atoms with van der Waals surface area (Å²) in [6.45, 7) is 12.7. The zero-order valence-corrected chi connectivity index (χ0v) is 23.1. The van der Waals surface area contributed by atoms with E-state index in [0.717, 1.165) is 11.1 Å². The van der Waals surface area contributed by atoms with Gasteiger partial charge in [0.25, 0.3) is 11.8 Å². The van der Waals surface area contributed by atoms with Crippen molar-refractivity contribution in [1.29, 1.82) is 0 Å². The summed E-state index contributed by atoms with van der Waals surface area (Å²) in [5.41, 5.74) is 3.88. The van der Waals surface area contributed by atoms with Gasteiger partial charge in [0, 0.05) is 11.1 Å². The predicted octanol–water partition coefficient (Wildman–Crippen LogP) is 6.16. The molecule has 2 amide bonds. The van der Waals surface area contributed by atoms with E-state index in [1.165, 1.54) is 0 Å². The number of carbonyl (C=O) groups is 2. The molecule has 196 valence electrons. The molecule has 0 aliphatic heterocycles. The van der Waals surface area contributed by atoms with Crippen molar-refractivity contribution in [3.8, 4) is 11.5 Å². The molecular formula is C31H38N2O4. The lowest BCUT2D eigenvalue weighted by Crippen LogP contribution is -2.41. The number of benzene rings is 3. The second kappa shape index (κ2) is 11.1. The number of amides is 2. The number of nitrogens with one attached hydrogen (secondary N) is 2. The van der Waals surface area contributed by atoms with Gasteiger partial charge in [-0.15, -0.1) is 0 Å². The van der Waals surface area contributed by atoms with Crippen molar-refractivity contribution in [3.05, 3.63) is 94.5 Å². The molecule has 0 saturated carbocycles. The van der Waals surface area contributed by atoms with Gasteiger partial charge in [-0.05, 0) is 63.9 Å². The third kappa shape index (κ3) is 6.91. The van der Waals surface area contributed by atoms with Gasteiger partial charge in [0.2, 0.25) is 0 Å². The van der Waals surface area contributed by atoms with E-state index in [4.69, 9.17) is 9.47 Å². The molecule has 3 rings (SSSR count). The van der Waals surface area contributed by atoms with Crippen LogP contribution < -0.4 is 20.1 Å². The predicted molar refractivity (Wildman–Crippen MR) is 148 cm³/mol. The number of ether oxygens (including phenoxy) is 2. The van der Waals surface area contributed by atoms with Crippen LogP contribution in [0.25, 0.3) is 0 Å². The van der Waals surface area contributed by atoms with Crippen LogP contribution in [0, 0.1) is 0 Å². The fourth-order valence-electron chi connectivity index (χ4n) is 3.91. The van der Waals surface area contributed by atoms with Gasteiger partial charge in [-0.3, -0.25) is 9.59 Å². The fraction of sp³-hybridized carbons (Fsp3) is 0.355. The minimum Gasteiger partial charge on any atom is -0.493 e. The van der Waals surface area contributed by atoms with Gasteiger partial charge < -0.3 is 20.1 Å². The van der Waals surface area contributed by atoms with Gasteiger partial charge in [0.05, 0.1) is 14.2 Å². The minimum atomic E-state index is -0.801. The van der Waals surface area contributed by atoms with E-state index >= 15 is 0 Å². The summed E-state index contributed by atoms with van der Waals surface area (Å²) in [6.07, 6.45) is -0.801. The third-order valence-electron chi connectivity index (χ3n) is 6.32. The molecule has 3 aromatic carbocycles. The lowest BCUT2D eigenvalue weighted by atomic mass is 9.86. The summed E-state index contributed by atoms with van der Waals surface area (Å²) < 4.78 is 10.8. The van der Waals surface area contributed by atoms with Crippen LogP contribution in [-0.4, -0.2) is 26.0 Å². The van der Waals surface area contributed by atoms with Gasteiger partial charge >= 0.3 is 0 Å². The number of methoxy groups -OCH3 is 2. The zero-order chi connectivity index (χ0) is 27.4. The minimum absolute atomic E-state index is 0.0201. The van der Waals surface area contributed by atoms with Crippen LogP contribution in [-0.2, 0) is 10.8 Å². The first-order valence-corrected chi connectivity index (χ1v) is 12.4. The quantitative estimate of drug-likeness (QED) is 0.380. The largest absolute Gasteiger partial charge is 0.493 e. The summed E-state index contributed by atoms with van der Waals surface area (Å²) in [5.74, 6) is 0.447. The van der Waals surface area contributed by atoms with Crippen molar-refractivity contribution in [3.63, 3.8) is 0 Å². The SMILES string of the molecule is COc1ccc(C(NC(=O)c2ccc(C(C)(C)C)cc2)NC(=O)c2ccc(C(C)(C)C)cc2)cc1OC. The van der Waals surface area contributed by atoms with Gasteiger partial charge in [-0.25, -0.2) is 0 Å². The molecule has 0 bridgehead atoms. The maximum Gasteiger partial charge on any atom is 0.253 e. The third-order valence-corrected chi connectivity index (χ3v) is 6.32. The average Bonchev–Trinajstić information content (AvgIpc) is 2.86. The summed E-state index contributed by atoms with van der Waals surface area (Å²) in [6, 6.07) is 20.3. The first-order chi connectivity index (χ1) is 17.3. The Morgan fingerprint density at radius 3 is 1.38 bits per heavy atom. The van der Waals surface area contributed by atoms with E-state index in [9.17, 15) is 9.59 Å². The van der Waals surface area contributed by atoms with Crippen LogP contribution in [0.2, 0.25) is 0 Å². The number of carbonyl (C=O) groups excluding carboxylic acids is 2. The number of hydrogen-bond donors (Lipinski definition) is 2. The molecule has 6 heteroatoms. The Labute approximate surface area is 220 Å². The highest BCUT2D eigenvalue weighted by molar-refractivity contribution is 5.97. The van der Waals surface area contributed by atoms with Crippen molar-refractivity contribution in [2.75, 3.05) is 14.2 Å². The van der Waals surface area contributed by atoms with Crippen LogP contribution >= 0.6 is 0 Å². The fourth-order valence-corrected chi connectivity index (χ4v) is 3.91. The average molecular weight is 503 g/mol. The Morgan fingerprint density at radius 1 is 0.622 bits per heavy atom. The molecule has 0 aromatic heterocycles. The molecule has 0 fully saturated rings. The van der Waals surface area contributed by atoms with Crippen molar-refractivity contribution < 1.29 is 19.1 Å². The first-order valence-electron chi connectivity index (χ1n) is 12.4. The molecule has 0 heterocycles. The molecule has 0 radical (unpaired) electrons. The van der Waals surface area contributed by atoms with E-state index in [1.54, 1.807) is 56.7 Å². The highest BCUT2D eigenvalue weighted by Gasteiger charge is 2.22. The maximum atomic E-state index is 13.2. The highest BCUT2D eigenvalue weighted by atomic mass is 16.5. The summed E-state index contributed by atoms with van der Waals surface area (Å²) in [7, 11) is 3.10. The Morgan fingerprint density at radius 2 is 1.03 bits per heavy atom. The Bertz CT molecular complexity index is 1160. The molecule has 37 heavy (non-hydrogen) atoms. The second-order valence-electron chi connectivity index (χ2n) is 11.1. The number of hydrogen-bond acceptors (Lipinski definition) is 4. The maximum absolute atomic E-state index is 13.2. The smallest absolute Gasteiger partial charge is 0.253 e. The molecule has 0 saturated heterocycles. The van der Waals surface area contributed by atoms with Crippen molar-refractivity contribution in [2.24, 2.45) is 0 Å². The molecule has 3 aromatic rings. The van der Waals surface area contributed by atoms with Crippen LogP contribution in [0.5, 0.6) is 11.5 Å². The van der Waals surface area contributed by atoms with E-state index in [2.05, 4.69) is 52.2 Å². The Balaban J connectivity index is 1.90. The van der Waals surface area contributed by atoms with E-state index in [0.29, 0.717) is 28.2 Å². The lowest BCUT2D eigenvalue weighted by Gasteiger charge is -2.23. The topological polar surface area (TPSA) is 76.7 Å². The Hall–Kier alpha value is -3.80. The molecule has 2 N–H and O–H groups in total. The molecule has 0 atom stereocenters. The molecule has 0 aliphatic carbocycles. The van der Waals surface area contributed by atoms with Crippen molar-refractivity contribution in [1.82, 2.24) is 10.6 Å². The first kappa shape index (κ1) is 27.8. The normalized spacial score (nSPS) is 11.7. The van der Waals surface area contributed by atoms with Crippen LogP contribution in [0.3, 0.4) is 0 Å². The van der Waals surface area contributed by atoms with E-state index in [1.807, 2.05) is 24.3 Å². The van der Waals surface area contributed by atoms with Crippen molar-refractivity contribution in [2.45, 2.75) is 58.5 Å². The lowest BCUT2D eigenvalue weighted by molar-refractivity contribution is 0.0883. The van der Waals surface area contributed by atoms with Crippen LogP contribution in [0.4, 0.5) is 0 Å². The van der Waals surface area contributed by atoms with E-state index < -0.39 is 6.17 Å². The van der Waals surface area contributed by atoms with Gasteiger partial charge in [-0.1, -0.05) is 71.9 Å². The van der Waals surface area contributed by atoms with Gasteiger partial charge in [0.15, 0.2) is 11.5 Å². The van der Waals surface area contributed by atoms with Crippen LogP contribution in [0.15, 0.2) is 66.7 Å². The van der Waals surface area contributed by atoms with Crippen molar-refractivity contribution >= 4 is 11.8 Å². The monoisotopic (exact) mass is 502 g/mol. The number of rotatable bonds is 7. The molecule has 0 spiro atoms. The summed E-state index contributed by atoms with van der Waals surface area (Å²) in [4.78, 5) is 26.4. The highest BCUT2D eigenvalue weighted by Crippen LogP contribution is 2.30. The standard InChI is InChI=1S/C31H38N2O4/c1-30(2,3)23-14-9-20(10-15-23)28(34)32-27(22-13-18-25(36-7)26(19-22)37-8)33-29(35)21-11-16-24(17-12-21)31(4,5)6/h9-19,27H,1-8H3,(H,32,34)(H,33,35). The molecule has 0 aliphatic rings. The Kier molecular flexibility index (Phi) is 8.32. The van der Waals surface area contributed by atoms with Crippen LogP contribution in [0.1, 0.15) is 85.1 Å². The van der Waals surface area contributed by atoms with E-state index in [-0.39, 0.29) is 22.6 Å². The van der Waals surface area contributed by atoms with Gasteiger partial charge in [0.1, 0.15) is 6.17 Å². The summed E-state index contributed by atoms with van der Waals surface area (Å²) >= 11 is 0. The second-order valence-corrected chi connectivity index (χ2v) is 11.1. The molecule has 6 nitrogen and oxygen atoms in total. The zero-order valence-electron chi connectivity index (χ0n) is 23.1.